The van der Waals surface area contributed by atoms with Gasteiger partial charge in [-0.2, -0.15) is 5.26 Å². The lowest BCUT2D eigenvalue weighted by Gasteiger charge is -2.39. The number of hydrogen-bond donors (Lipinski definition) is 1. The van der Waals surface area contributed by atoms with Gasteiger partial charge in [-0.25, -0.2) is 4.39 Å². The molecule has 2 aliphatic rings. The van der Waals surface area contributed by atoms with Gasteiger partial charge in [-0.1, -0.05) is 15.9 Å². The highest BCUT2D eigenvalue weighted by atomic mass is 79.9. The van der Waals surface area contributed by atoms with Crippen LogP contribution in [0.25, 0.3) is 0 Å². The fourth-order valence-electron chi connectivity index (χ4n) is 4.27. The van der Waals surface area contributed by atoms with Gasteiger partial charge in [0.25, 0.3) is 0 Å². The summed E-state index contributed by atoms with van der Waals surface area (Å²) in [6.45, 7) is 4.00. The Labute approximate surface area is 181 Å². The number of carbonyl (C=O) groups excluding carboxylic acids is 1. The van der Waals surface area contributed by atoms with Crippen LogP contribution in [0.15, 0.2) is 51.4 Å². The fourth-order valence-corrected chi connectivity index (χ4v) is 5.57. The molecule has 1 aliphatic heterocycles. The number of aryl methyl sites for hydroxylation is 2. The SMILES string of the molecule is Cc1cc([C@H]2C(C#N)=C(N)N(c3ccc(Br)cc3F)C3=C2C(=O)CCC3)c(C)s1. The van der Waals surface area contributed by atoms with E-state index in [-0.39, 0.29) is 17.3 Å². The van der Waals surface area contributed by atoms with Crippen molar-refractivity contribution in [2.45, 2.75) is 39.0 Å². The first kappa shape index (κ1) is 19.9. The maximum Gasteiger partial charge on any atom is 0.161 e. The predicted molar refractivity (Wildman–Crippen MR) is 116 cm³/mol. The van der Waals surface area contributed by atoms with Crippen molar-refractivity contribution in [2.24, 2.45) is 5.73 Å². The van der Waals surface area contributed by atoms with E-state index in [4.69, 9.17) is 5.73 Å². The van der Waals surface area contributed by atoms with Crippen molar-refractivity contribution in [1.82, 2.24) is 0 Å². The number of nitrogens with two attached hydrogens (primary N) is 1. The minimum absolute atomic E-state index is 0.00210. The normalized spacial score (nSPS) is 19.5. The smallest absolute Gasteiger partial charge is 0.161 e. The second-order valence-corrected chi connectivity index (χ2v) is 9.66. The molecule has 4 rings (SSSR count). The number of carbonyl (C=O) groups is 1. The van der Waals surface area contributed by atoms with Gasteiger partial charge < -0.3 is 5.73 Å². The van der Waals surface area contributed by atoms with Gasteiger partial charge in [0, 0.05) is 31.9 Å². The molecule has 2 aromatic rings. The first-order valence-electron chi connectivity index (χ1n) is 9.31. The van der Waals surface area contributed by atoms with E-state index in [9.17, 15) is 14.4 Å². The summed E-state index contributed by atoms with van der Waals surface area (Å²) in [5.41, 5.74) is 9.22. The van der Waals surface area contributed by atoms with Crippen LogP contribution in [-0.2, 0) is 4.79 Å². The van der Waals surface area contributed by atoms with E-state index < -0.39 is 11.7 Å². The number of anilines is 1. The minimum Gasteiger partial charge on any atom is -0.384 e. The van der Waals surface area contributed by atoms with Crippen LogP contribution in [0.2, 0.25) is 0 Å². The number of nitriles is 1. The molecule has 2 N–H and O–H groups in total. The number of rotatable bonds is 2. The monoisotopic (exact) mass is 471 g/mol. The molecule has 0 saturated heterocycles. The minimum atomic E-state index is -0.498. The van der Waals surface area contributed by atoms with Crippen LogP contribution in [-0.4, -0.2) is 5.78 Å². The van der Waals surface area contributed by atoms with Gasteiger partial charge >= 0.3 is 0 Å². The molecule has 0 fully saturated rings. The van der Waals surface area contributed by atoms with Crippen LogP contribution >= 0.6 is 27.3 Å². The lowest BCUT2D eigenvalue weighted by Crippen LogP contribution is -2.39. The van der Waals surface area contributed by atoms with Crippen LogP contribution in [0.5, 0.6) is 0 Å². The Morgan fingerprint density at radius 2 is 2.07 bits per heavy atom. The first-order valence-corrected chi connectivity index (χ1v) is 10.9. The third-order valence-electron chi connectivity index (χ3n) is 5.45. The molecule has 1 atom stereocenters. The molecule has 0 saturated carbocycles. The Bertz CT molecular complexity index is 1140. The standard InChI is InChI=1S/C22H19BrFN3OS/c1-11-8-14(12(2)29-11)20-15(10-25)22(26)27(17-7-6-13(23)9-16(17)24)18-4-3-5-19(28)21(18)20/h6-9,20H,3-5,26H2,1-2H3/t20-/m0/s1. The maximum absolute atomic E-state index is 14.8. The summed E-state index contributed by atoms with van der Waals surface area (Å²) in [5, 5.41) is 10.00. The number of allylic oxidation sites excluding steroid dienone is 3. The summed E-state index contributed by atoms with van der Waals surface area (Å²) in [4.78, 5) is 16.8. The third kappa shape index (κ3) is 3.21. The zero-order valence-electron chi connectivity index (χ0n) is 16.1. The van der Waals surface area contributed by atoms with E-state index in [1.54, 1.807) is 28.4 Å². The van der Waals surface area contributed by atoms with Crippen molar-refractivity contribution in [3.8, 4) is 6.07 Å². The molecule has 0 spiro atoms. The van der Waals surface area contributed by atoms with Gasteiger partial charge in [-0.3, -0.25) is 9.69 Å². The van der Waals surface area contributed by atoms with Gasteiger partial charge in [0.1, 0.15) is 11.6 Å². The molecule has 1 aliphatic carbocycles. The van der Waals surface area contributed by atoms with E-state index in [1.165, 1.54) is 6.07 Å². The van der Waals surface area contributed by atoms with Gasteiger partial charge in [-0.15, -0.1) is 11.3 Å². The Morgan fingerprint density at radius 1 is 1.31 bits per heavy atom. The Hall–Kier alpha value is -2.43. The molecule has 2 heterocycles. The van der Waals surface area contributed by atoms with Crippen LogP contribution < -0.4 is 10.6 Å². The molecular weight excluding hydrogens is 453 g/mol. The van der Waals surface area contributed by atoms with Crippen molar-refractivity contribution < 1.29 is 9.18 Å². The van der Waals surface area contributed by atoms with Crippen molar-refractivity contribution in [1.29, 1.82) is 5.26 Å². The molecule has 0 radical (unpaired) electrons. The number of thiophene rings is 1. The summed E-state index contributed by atoms with van der Waals surface area (Å²) >= 11 is 4.90. The number of hydrogen-bond acceptors (Lipinski definition) is 5. The fraction of sp³-hybridized carbons (Fsp3) is 0.273. The Kier molecular flexibility index (Phi) is 5.09. The summed E-state index contributed by atoms with van der Waals surface area (Å²) in [5.74, 6) is -0.772. The molecule has 0 unspecified atom stereocenters. The summed E-state index contributed by atoms with van der Waals surface area (Å²) in [6.07, 6.45) is 1.71. The third-order valence-corrected chi connectivity index (χ3v) is 6.93. The van der Waals surface area contributed by atoms with E-state index in [0.717, 1.165) is 15.3 Å². The Balaban J connectivity index is 2.01. The van der Waals surface area contributed by atoms with Crippen molar-refractivity contribution >= 4 is 38.7 Å². The van der Waals surface area contributed by atoms with E-state index in [1.807, 2.05) is 19.9 Å². The Morgan fingerprint density at radius 3 is 2.69 bits per heavy atom. The van der Waals surface area contributed by atoms with Gasteiger partial charge in [0.2, 0.25) is 0 Å². The molecular formula is C22H19BrFN3OS. The molecule has 4 nitrogen and oxygen atoms in total. The molecule has 0 bridgehead atoms. The van der Waals surface area contributed by atoms with E-state index >= 15 is 0 Å². The van der Waals surface area contributed by atoms with Crippen molar-refractivity contribution in [3.63, 3.8) is 0 Å². The first-order chi connectivity index (χ1) is 13.8. The van der Waals surface area contributed by atoms with Crippen LogP contribution in [0.1, 0.15) is 40.5 Å². The molecule has 29 heavy (non-hydrogen) atoms. The largest absolute Gasteiger partial charge is 0.384 e. The second kappa shape index (κ2) is 7.43. The van der Waals surface area contributed by atoms with E-state index in [0.29, 0.717) is 40.6 Å². The average Bonchev–Trinajstić information content (AvgIpc) is 3.00. The molecule has 148 valence electrons. The molecule has 0 amide bonds. The van der Waals surface area contributed by atoms with Crippen LogP contribution in [0, 0.1) is 31.0 Å². The van der Waals surface area contributed by atoms with Gasteiger partial charge in [0.05, 0.1) is 23.2 Å². The number of ketones is 1. The van der Waals surface area contributed by atoms with Crippen LogP contribution in [0.3, 0.4) is 0 Å². The lowest BCUT2D eigenvalue weighted by atomic mass is 9.75. The number of Topliss-reactive ketones (excluding diaryl/α,β-unsaturated/α-hetero) is 1. The average molecular weight is 472 g/mol. The van der Waals surface area contributed by atoms with Crippen molar-refractivity contribution in [3.05, 3.63) is 72.5 Å². The number of benzene rings is 1. The molecule has 1 aromatic heterocycles. The summed E-state index contributed by atoms with van der Waals surface area (Å²) in [7, 11) is 0. The quantitative estimate of drug-likeness (QED) is 0.621. The zero-order valence-corrected chi connectivity index (χ0v) is 18.5. The highest BCUT2D eigenvalue weighted by molar-refractivity contribution is 9.10. The molecule has 1 aromatic carbocycles. The van der Waals surface area contributed by atoms with Crippen LogP contribution in [0.4, 0.5) is 10.1 Å². The topological polar surface area (TPSA) is 70.1 Å². The summed E-state index contributed by atoms with van der Waals surface area (Å²) in [6, 6.07) is 8.95. The lowest BCUT2D eigenvalue weighted by molar-refractivity contribution is -0.116. The van der Waals surface area contributed by atoms with Crippen molar-refractivity contribution in [2.75, 3.05) is 4.90 Å². The molecule has 7 heteroatoms. The highest BCUT2D eigenvalue weighted by Crippen LogP contribution is 2.48. The summed E-state index contributed by atoms with van der Waals surface area (Å²) < 4.78 is 15.5. The van der Waals surface area contributed by atoms with Gasteiger partial charge in [0.15, 0.2) is 5.78 Å². The maximum atomic E-state index is 14.8. The predicted octanol–water partition coefficient (Wildman–Crippen LogP) is 5.57. The van der Waals surface area contributed by atoms with E-state index in [2.05, 4.69) is 22.0 Å². The highest BCUT2D eigenvalue weighted by Gasteiger charge is 2.41. The number of nitrogens with zero attached hydrogens (tertiary/aromatic N) is 2. The number of halogens is 2. The zero-order chi connectivity index (χ0) is 20.9. The second-order valence-electron chi connectivity index (χ2n) is 7.28. The van der Waals surface area contributed by atoms with Gasteiger partial charge in [-0.05, 0) is 56.5 Å².